The molecule has 0 unspecified atom stereocenters. The minimum absolute atomic E-state index is 0.00119. The number of para-hydroxylation sites is 2. The highest BCUT2D eigenvalue weighted by Crippen LogP contribution is 2.48. The van der Waals surface area contributed by atoms with E-state index in [0.717, 1.165) is 43.5 Å². The van der Waals surface area contributed by atoms with Crippen LogP contribution < -0.4 is 9.64 Å². The van der Waals surface area contributed by atoms with Gasteiger partial charge in [-0.15, -0.1) is 0 Å². The number of carbonyl (C=O) groups excluding carboxylic acids is 1. The Bertz CT molecular complexity index is 1260. The van der Waals surface area contributed by atoms with Gasteiger partial charge in [-0.1, -0.05) is 47.8 Å². The van der Waals surface area contributed by atoms with Crippen LogP contribution in [0, 0.1) is 6.92 Å². The quantitative estimate of drug-likeness (QED) is 0.289. The maximum atomic E-state index is 13.4. The van der Waals surface area contributed by atoms with Crippen molar-refractivity contribution in [3.63, 3.8) is 0 Å². The molecule has 1 aliphatic heterocycles. The molecule has 1 amide bonds. The molecule has 7 heteroatoms. The molecular formula is C24H19N3O2S2. The predicted molar refractivity (Wildman–Crippen MR) is 126 cm³/mol. The first-order valence-corrected chi connectivity index (χ1v) is 11.6. The Kier molecular flexibility index (Phi) is 5.29. The van der Waals surface area contributed by atoms with Crippen LogP contribution in [0.25, 0.3) is 10.9 Å². The van der Waals surface area contributed by atoms with Crippen LogP contribution in [0.15, 0.2) is 81.7 Å². The first-order valence-electron chi connectivity index (χ1n) is 9.78. The molecule has 1 aromatic heterocycles. The number of fused-ring (bicyclic) bond motifs is 3. The van der Waals surface area contributed by atoms with Gasteiger partial charge in [-0.3, -0.25) is 9.69 Å². The second-order valence-electron chi connectivity index (χ2n) is 7.03. The molecule has 0 aliphatic carbocycles. The van der Waals surface area contributed by atoms with E-state index in [1.54, 1.807) is 18.9 Å². The summed E-state index contributed by atoms with van der Waals surface area (Å²) in [7, 11) is 1.64. The summed E-state index contributed by atoms with van der Waals surface area (Å²) < 4.78 is 5.30. The Balaban J connectivity index is 1.43. The molecule has 0 radical (unpaired) electrons. The standard InChI is InChI=1S/C24H19N3O2S2/c1-15-17-13-16(29-2)11-12-18(17)26-24(25-15)30-14-23(28)27-19-7-3-5-9-21(19)31-22-10-6-4-8-20(22)27/h3-13H,14H2,1-2H3. The van der Waals surface area contributed by atoms with Crippen molar-refractivity contribution in [3.8, 4) is 5.75 Å². The SMILES string of the molecule is COc1ccc2nc(SCC(=O)N3c4ccccc4Sc4ccccc43)nc(C)c2c1. The third kappa shape index (κ3) is 3.75. The third-order valence-electron chi connectivity index (χ3n) is 5.08. The summed E-state index contributed by atoms with van der Waals surface area (Å²) in [6, 6.07) is 21.7. The highest BCUT2D eigenvalue weighted by Gasteiger charge is 2.27. The van der Waals surface area contributed by atoms with Crippen LogP contribution >= 0.6 is 23.5 Å². The summed E-state index contributed by atoms with van der Waals surface area (Å²) in [5, 5.41) is 1.54. The molecule has 3 aromatic carbocycles. The van der Waals surface area contributed by atoms with Crippen LogP contribution in [0.3, 0.4) is 0 Å². The molecule has 0 saturated heterocycles. The van der Waals surface area contributed by atoms with Gasteiger partial charge in [0.25, 0.3) is 0 Å². The monoisotopic (exact) mass is 445 g/mol. The fraction of sp³-hybridized carbons (Fsp3) is 0.125. The van der Waals surface area contributed by atoms with Crippen molar-refractivity contribution in [2.75, 3.05) is 17.8 Å². The second kappa shape index (κ2) is 8.24. The van der Waals surface area contributed by atoms with Gasteiger partial charge in [-0.2, -0.15) is 0 Å². The number of hydrogen-bond acceptors (Lipinski definition) is 6. The van der Waals surface area contributed by atoms with E-state index < -0.39 is 0 Å². The van der Waals surface area contributed by atoms with Gasteiger partial charge in [0.05, 0.1) is 29.8 Å². The van der Waals surface area contributed by atoms with Crippen LogP contribution in [-0.2, 0) is 4.79 Å². The van der Waals surface area contributed by atoms with E-state index >= 15 is 0 Å². The fourth-order valence-corrected chi connectivity index (χ4v) is 5.39. The first kappa shape index (κ1) is 19.9. The average Bonchev–Trinajstić information content (AvgIpc) is 2.80. The summed E-state index contributed by atoms with van der Waals surface area (Å²) in [6.45, 7) is 1.95. The van der Waals surface area contributed by atoms with E-state index in [0.29, 0.717) is 5.16 Å². The van der Waals surface area contributed by atoms with Crippen LogP contribution in [0.2, 0.25) is 0 Å². The molecule has 5 rings (SSSR count). The van der Waals surface area contributed by atoms with Crippen LogP contribution in [-0.4, -0.2) is 28.7 Å². The fourth-order valence-electron chi connectivity index (χ4n) is 3.59. The third-order valence-corrected chi connectivity index (χ3v) is 7.04. The molecule has 0 spiro atoms. The van der Waals surface area contributed by atoms with Crippen molar-refractivity contribution in [1.29, 1.82) is 0 Å². The molecule has 0 N–H and O–H groups in total. The molecule has 1 aliphatic rings. The number of ether oxygens (including phenoxy) is 1. The highest BCUT2D eigenvalue weighted by atomic mass is 32.2. The van der Waals surface area contributed by atoms with E-state index in [-0.39, 0.29) is 11.7 Å². The van der Waals surface area contributed by atoms with Crippen molar-refractivity contribution in [2.45, 2.75) is 21.9 Å². The Labute approximate surface area is 188 Å². The molecule has 0 fully saturated rings. The minimum Gasteiger partial charge on any atom is -0.497 e. The van der Waals surface area contributed by atoms with Gasteiger partial charge in [-0.25, -0.2) is 9.97 Å². The number of aromatic nitrogens is 2. The maximum Gasteiger partial charge on any atom is 0.242 e. The Morgan fingerprint density at radius 2 is 1.68 bits per heavy atom. The minimum atomic E-state index is 0.00119. The van der Waals surface area contributed by atoms with Gasteiger partial charge < -0.3 is 4.74 Å². The average molecular weight is 446 g/mol. The van der Waals surface area contributed by atoms with E-state index in [2.05, 4.69) is 9.97 Å². The van der Waals surface area contributed by atoms with Crippen molar-refractivity contribution in [2.24, 2.45) is 0 Å². The molecule has 5 nitrogen and oxygen atoms in total. The van der Waals surface area contributed by atoms with Crippen molar-refractivity contribution in [3.05, 3.63) is 72.4 Å². The number of aryl methyl sites for hydroxylation is 1. The maximum absolute atomic E-state index is 13.4. The second-order valence-corrected chi connectivity index (χ2v) is 9.06. The molecule has 31 heavy (non-hydrogen) atoms. The van der Waals surface area contributed by atoms with Crippen LogP contribution in [0.5, 0.6) is 5.75 Å². The lowest BCUT2D eigenvalue weighted by Gasteiger charge is -2.30. The van der Waals surface area contributed by atoms with Crippen molar-refractivity contribution < 1.29 is 9.53 Å². The summed E-state index contributed by atoms with van der Waals surface area (Å²) in [6.07, 6.45) is 0. The van der Waals surface area contributed by atoms with Gasteiger partial charge in [0.2, 0.25) is 5.91 Å². The molecule has 2 heterocycles. The number of anilines is 2. The van der Waals surface area contributed by atoms with E-state index in [1.807, 2.05) is 78.6 Å². The van der Waals surface area contributed by atoms with Crippen LogP contribution in [0.1, 0.15) is 5.69 Å². The number of rotatable bonds is 4. The number of methoxy groups -OCH3 is 1. The molecular weight excluding hydrogens is 426 g/mol. The van der Waals surface area contributed by atoms with Gasteiger partial charge in [0.1, 0.15) is 5.75 Å². The Morgan fingerprint density at radius 1 is 1.00 bits per heavy atom. The summed E-state index contributed by atoms with van der Waals surface area (Å²) in [5.74, 6) is 1.02. The van der Waals surface area contributed by atoms with E-state index in [1.165, 1.54) is 11.8 Å². The largest absolute Gasteiger partial charge is 0.497 e. The lowest BCUT2D eigenvalue weighted by atomic mass is 10.2. The molecule has 0 atom stereocenters. The molecule has 0 bridgehead atoms. The van der Waals surface area contributed by atoms with Gasteiger partial charge in [0, 0.05) is 20.9 Å². The Hall–Kier alpha value is -3.03. The normalized spacial score (nSPS) is 12.4. The molecule has 154 valence electrons. The summed E-state index contributed by atoms with van der Waals surface area (Å²) >= 11 is 3.05. The zero-order valence-electron chi connectivity index (χ0n) is 17.0. The predicted octanol–water partition coefficient (Wildman–Crippen LogP) is 5.87. The number of hydrogen-bond donors (Lipinski definition) is 0. The zero-order chi connectivity index (χ0) is 21.4. The van der Waals surface area contributed by atoms with Gasteiger partial charge in [-0.05, 0) is 49.4 Å². The molecule has 4 aromatic rings. The zero-order valence-corrected chi connectivity index (χ0v) is 18.7. The topological polar surface area (TPSA) is 55.3 Å². The van der Waals surface area contributed by atoms with E-state index in [9.17, 15) is 4.79 Å². The van der Waals surface area contributed by atoms with Crippen molar-refractivity contribution in [1.82, 2.24) is 9.97 Å². The first-order chi connectivity index (χ1) is 15.1. The number of nitrogens with zero attached hydrogens (tertiary/aromatic N) is 3. The summed E-state index contributed by atoms with van der Waals surface area (Å²) in [4.78, 5) is 26.6. The molecule has 0 saturated carbocycles. The lowest BCUT2D eigenvalue weighted by molar-refractivity contribution is -0.115. The number of amides is 1. The Morgan fingerprint density at radius 3 is 2.35 bits per heavy atom. The van der Waals surface area contributed by atoms with Crippen molar-refractivity contribution >= 4 is 51.7 Å². The van der Waals surface area contributed by atoms with E-state index in [4.69, 9.17) is 4.74 Å². The lowest BCUT2D eigenvalue weighted by Crippen LogP contribution is -2.30. The van der Waals surface area contributed by atoms with Gasteiger partial charge in [0.15, 0.2) is 5.16 Å². The van der Waals surface area contributed by atoms with Crippen LogP contribution in [0.4, 0.5) is 11.4 Å². The smallest absolute Gasteiger partial charge is 0.242 e. The number of carbonyl (C=O) groups is 1. The highest BCUT2D eigenvalue weighted by molar-refractivity contribution is 8.00. The number of thioether (sulfide) groups is 1. The van der Waals surface area contributed by atoms with Gasteiger partial charge >= 0.3 is 0 Å². The number of benzene rings is 3. The summed E-state index contributed by atoms with van der Waals surface area (Å²) in [5.41, 5.74) is 3.54.